The third-order valence-electron chi connectivity index (χ3n) is 2.85. The number of amides is 1. The molecule has 6 heteroatoms. The summed E-state index contributed by atoms with van der Waals surface area (Å²) in [5.74, 6) is -0.296. The van der Waals surface area contributed by atoms with Crippen LogP contribution in [0.5, 0.6) is 0 Å². The molecule has 0 aliphatic carbocycles. The molecule has 0 aromatic heterocycles. The maximum absolute atomic E-state index is 11.2. The first-order chi connectivity index (χ1) is 8.06. The average molecular weight is 245 g/mol. The molecule has 2 atom stereocenters. The second kappa shape index (κ2) is 6.44. The van der Waals surface area contributed by atoms with Crippen molar-refractivity contribution in [1.82, 2.24) is 4.90 Å². The van der Waals surface area contributed by atoms with Crippen LogP contribution in [-0.4, -0.2) is 54.0 Å². The van der Waals surface area contributed by atoms with Crippen molar-refractivity contribution in [3.05, 3.63) is 0 Å². The van der Waals surface area contributed by atoms with E-state index in [1.165, 1.54) is 4.90 Å². The number of rotatable bonds is 4. The Balaban J connectivity index is 2.51. The van der Waals surface area contributed by atoms with Crippen molar-refractivity contribution in [3.8, 4) is 0 Å². The summed E-state index contributed by atoms with van der Waals surface area (Å²) in [6, 6.07) is -0.273. The molecule has 0 radical (unpaired) electrons. The van der Waals surface area contributed by atoms with E-state index in [0.29, 0.717) is 26.2 Å². The van der Waals surface area contributed by atoms with Crippen LogP contribution in [0.1, 0.15) is 26.7 Å². The molecule has 0 aromatic rings. The van der Waals surface area contributed by atoms with Gasteiger partial charge in [-0.1, -0.05) is 0 Å². The number of carboxylic acid groups (broad SMARTS) is 1. The fraction of sp³-hybridized carbons (Fsp3) is 0.818. The summed E-state index contributed by atoms with van der Waals surface area (Å²) in [6.07, 6.45) is -0.495. The Hall–Kier alpha value is -1.30. The van der Waals surface area contributed by atoms with Gasteiger partial charge >= 0.3 is 12.1 Å². The van der Waals surface area contributed by atoms with E-state index in [1.54, 1.807) is 6.92 Å². The highest BCUT2D eigenvalue weighted by molar-refractivity contribution is 5.69. The Morgan fingerprint density at radius 2 is 2.24 bits per heavy atom. The normalized spacial score (nSPS) is 24.5. The first-order valence-corrected chi connectivity index (χ1v) is 5.83. The quantitative estimate of drug-likeness (QED) is 0.750. The van der Waals surface area contributed by atoms with E-state index >= 15 is 0 Å². The highest BCUT2D eigenvalue weighted by Crippen LogP contribution is 2.19. The number of morpholine rings is 1. The number of esters is 1. The van der Waals surface area contributed by atoms with Crippen molar-refractivity contribution < 1.29 is 24.2 Å². The van der Waals surface area contributed by atoms with Gasteiger partial charge in [0.25, 0.3) is 0 Å². The van der Waals surface area contributed by atoms with Crippen molar-refractivity contribution in [1.29, 1.82) is 0 Å². The number of nitrogens with zero attached hydrogens (tertiary/aromatic N) is 1. The second-order valence-corrected chi connectivity index (χ2v) is 3.96. The van der Waals surface area contributed by atoms with E-state index in [1.807, 2.05) is 6.92 Å². The summed E-state index contributed by atoms with van der Waals surface area (Å²) in [5, 5.41) is 9.05. The molecule has 1 amide bonds. The van der Waals surface area contributed by atoms with Crippen LogP contribution >= 0.6 is 0 Å². The van der Waals surface area contributed by atoms with Crippen LogP contribution in [0.15, 0.2) is 0 Å². The van der Waals surface area contributed by atoms with Gasteiger partial charge in [0.05, 0.1) is 25.4 Å². The summed E-state index contributed by atoms with van der Waals surface area (Å²) in [6.45, 7) is 4.67. The zero-order chi connectivity index (χ0) is 12.8. The molecule has 1 saturated heterocycles. The SMILES string of the molecule is CCOC(=O)CCC1C(C)OCCN1C(=O)O. The van der Waals surface area contributed by atoms with Crippen LogP contribution in [0.2, 0.25) is 0 Å². The third-order valence-corrected chi connectivity index (χ3v) is 2.85. The number of hydrogen-bond donors (Lipinski definition) is 1. The largest absolute Gasteiger partial charge is 0.466 e. The van der Waals surface area contributed by atoms with Crippen molar-refractivity contribution in [3.63, 3.8) is 0 Å². The first kappa shape index (κ1) is 13.8. The van der Waals surface area contributed by atoms with Crippen molar-refractivity contribution in [2.45, 2.75) is 38.8 Å². The highest BCUT2D eigenvalue weighted by Gasteiger charge is 2.32. The van der Waals surface area contributed by atoms with E-state index in [-0.39, 0.29) is 24.5 Å². The molecule has 0 aromatic carbocycles. The zero-order valence-corrected chi connectivity index (χ0v) is 10.2. The second-order valence-electron chi connectivity index (χ2n) is 3.96. The predicted molar refractivity (Wildman–Crippen MR) is 59.8 cm³/mol. The van der Waals surface area contributed by atoms with Gasteiger partial charge in [0.1, 0.15) is 0 Å². The van der Waals surface area contributed by atoms with Gasteiger partial charge in [0, 0.05) is 13.0 Å². The highest BCUT2D eigenvalue weighted by atomic mass is 16.5. The minimum Gasteiger partial charge on any atom is -0.466 e. The molecule has 1 fully saturated rings. The lowest BCUT2D eigenvalue weighted by Crippen LogP contribution is -2.52. The van der Waals surface area contributed by atoms with Crippen LogP contribution < -0.4 is 0 Å². The minimum absolute atomic E-state index is 0.186. The van der Waals surface area contributed by atoms with Crippen molar-refractivity contribution >= 4 is 12.1 Å². The average Bonchev–Trinajstić information content (AvgIpc) is 2.27. The van der Waals surface area contributed by atoms with E-state index in [4.69, 9.17) is 14.6 Å². The summed E-state index contributed by atoms with van der Waals surface area (Å²) in [5.41, 5.74) is 0. The van der Waals surface area contributed by atoms with E-state index in [9.17, 15) is 9.59 Å². The van der Waals surface area contributed by atoms with Gasteiger partial charge in [-0.05, 0) is 20.3 Å². The van der Waals surface area contributed by atoms with Gasteiger partial charge in [-0.2, -0.15) is 0 Å². The molecule has 0 bridgehead atoms. The number of hydrogen-bond acceptors (Lipinski definition) is 4. The Bertz CT molecular complexity index is 281. The molecule has 1 N–H and O–H groups in total. The third kappa shape index (κ3) is 3.89. The van der Waals surface area contributed by atoms with Crippen LogP contribution in [0.25, 0.3) is 0 Å². The maximum Gasteiger partial charge on any atom is 0.407 e. The maximum atomic E-state index is 11.2. The fourth-order valence-corrected chi connectivity index (χ4v) is 1.99. The molecule has 0 spiro atoms. The Labute approximate surface area is 100 Å². The van der Waals surface area contributed by atoms with Crippen molar-refractivity contribution in [2.24, 2.45) is 0 Å². The molecule has 6 nitrogen and oxygen atoms in total. The lowest BCUT2D eigenvalue weighted by molar-refractivity contribution is -0.144. The molecule has 2 unspecified atom stereocenters. The molecule has 1 heterocycles. The summed E-state index contributed by atoms with van der Waals surface area (Å²) in [7, 11) is 0. The van der Waals surface area contributed by atoms with Crippen molar-refractivity contribution in [2.75, 3.05) is 19.8 Å². The standard InChI is InChI=1S/C11H19NO5/c1-3-16-10(13)5-4-9-8(2)17-7-6-12(9)11(14)15/h8-9H,3-7H2,1-2H3,(H,14,15). The van der Waals surface area contributed by atoms with Gasteiger partial charge in [-0.25, -0.2) is 4.79 Å². The van der Waals surface area contributed by atoms with Gasteiger partial charge < -0.3 is 19.5 Å². The first-order valence-electron chi connectivity index (χ1n) is 5.83. The topological polar surface area (TPSA) is 76.1 Å². The molecular formula is C11H19NO5. The summed E-state index contributed by atoms with van der Waals surface area (Å²) in [4.78, 5) is 23.6. The minimum atomic E-state index is -0.964. The molecule has 0 saturated carbocycles. The Morgan fingerprint density at radius 1 is 1.53 bits per heavy atom. The smallest absolute Gasteiger partial charge is 0.407 e. The lowest BCUT2D eigenvalue weighted by Gasteiger charge is -2.38. The number of carbonyl (C=O) groups is 2. The van der Waals surface area contributed by atoms with Crippen LogP contribution in [0.4, 0.5) is 4.79 Å². The van der Waals surface area contributed by atoms with Crippen LogP contribution in [0, 0.1) is 0 Å². The van der Waals surface area contributed by atoms with Gasteiger partial charge in [-0.15, -0.1) is 0 Å². The molecule has 1 aliphatic rings. The molecular weight excluding hydrogens is 226 g/mol. The summed E-state index contributed by atoms with van der Waals surface area (Å²) >= 11 is 0. The Kier molecular flexibility index (Phi) is 5.21. The van der Waals surface area contributed by atoms with Crippen LogP contribution in [-0.2, 0) is 14.3 Å². The molecule has 17 heavy (non-hydrogen) atoms. The lowest BCUT2D eigenvalue weighted by atomic mass is 10.0. The fourth-order valence-electron chi connectivity index (χ4n) is 1.99. The summed E-state index contributed by atoms with van der Waals surface area (Å²) < 4.78 is 10.2. The van der Waals surface area contributed by atoms with Crippen LogP contribution in [0.3, 0.4) is 0 Å². The zero-order valence-electron chi connectivity index (χ0n) is 10.2. The predicted octanol–water partition coefficient (Wildman–Crippen LogP) is 1.10. The molecule has 1 aliphatic heterocycles. The Morgan fingerprint density at radius 3 is 2.82 bits per heavy atom. The van der Waals surface area contributed by atoms with Gasteiger partial charge in [0.2, 0.25) is 0 Å². The monoisotopic (exact) mass is 245 g/mol. The number of ether oxygens (including phenoxy) is 2. The number of carbonyl (C=O) groups excluding carboxylic acids is 1. The molecule has 1 rings (SSSR count). The van der Waals surface area contributed by atoms with Gasteiger partial charge in [-0.3, -0.25) is 4.79 Å². The van der Waals surface area contributed by atoms with Gasteiger partial charge in [0.15, 0.2) is 0 Å². The molecule has 98 valence electrons. The van der Waals surface area contributed by atoms with E-state index in [0.717, 1.165) is 0 Å². The van der Waals surface area contributed by atoms with E-state index < -0.39 is 6.09 Å². The van der Waals surface area contributed by atoms with E-state index in [2.05, 4.69) is 0 Å².